The first-order chi connectivity index (χ1) is 8.43. The molecule has 0 N–H and O–H groups in total. The van der Waals surface area contributed by atoms with E-state index in [-0.39, 0.29) is 0 Å². The molecule has 18 heavy (non-hydrogen) atoms. The van der Waals surface area contributed by atoms with Crippen LogP contribution in [0.3, 0.4) is 0 Å². The predicted octanol–water partition coefficient (Wildman–Crippen LogP) is 6.57. The van der Waals surface area contributed by atoms with Gasteiger partial charge < -0.3 is 0 Å². The van der Waals surface area contributed by atoms with Gasteiger partial charge in [-0.2, -0.15) is 0 Å². The topological polar surface area (TPSA) is 0 Å². The number of rotatable bonds is 6. The molecule has 0 aromatic heterocycles. The van der Waals surface area contributed by atoms with E-state index in [1.54, 1.807) is 0 Å². The fourth-order valence-corrected chi connectivity index (χ4v) is 4.31. The first-order valence-electron chi connectivity index (χ1n) is 7.99. The molecule has 0 heterocycles. The van der Waals surface area contributed by atoms with E-state index in [0.717, 1.165) is 5.92 Å². The molecule has 0 saturated heterocycles. The van der Waals surface area contributed by atoms with Gasteiger partial charge in [-0.3, -0.25) is 0 Å². The predicted molar refractivity (Wildman–Crippen MR) is 86.4 cm³/mol. The van der Waals surface area contributed by atoms with Gasteiger partial charge in [-0.25, -0.2) is 0 Å². The van der Waals surface area contributed by atoms with Crippen LogP contribution in [-0.4, -0.2) is 5.33 Å². The highest BCUT2D eigenvalue weighted by Crippen LogP contribution is 2.48. The number of halogens is 1. The highest BCUT2D eigenvalue weighted by molar-refractivity contribution is 9.09. The van der Waals surface area contributed by atoms with Crippen LogP contribution in [0.2, 0.25) is 0 Å². The summed E-state index contributed by atoms with van der Waals surface area (Å²) in [5, 5.41) is 1.23. The minimum Gasteiger partial charge on any atom is -0.0922 e. The van der Waals surface area contributed by atoms with Crippen molar-refractivity contribution in [1.82, 2.24) is 0 Å². The Morgan fingerprint density at radius 3 is 2.11 bits per heavy atom. The van der Waals surface area contributed by atoms with E-state index in [4.69, 9.17) is 0 Å². The second kappa shape index (κ2) is 7.31. The van der Waals surface area contributed by atoms with Gasteiger partial charge in [0.05, 0.1) is 0 Å². The van der Waals surface area contributed by atoms with Crippen molar-refractivity contribution in [2.45, 2.75) is 85.5 Å². The Labute approximate surface area is 123 Å². The summed E-state index contributed by atoms with van der Waals surface area (Å²) >= 11 is 3.81. The standard InChI is InChI=1S/C17H33Br/c1-5-6-7-8-11-17(14-18)12-9-15(10-13-17)16(2,3)4/h15H,5-14H2,1-4H3. The van der Waals surface area contributed by atoms with Crippen LogP contribution in [0.4, 0.5) is 0 Å². The molecule has 0 aromatic rings. The summed E-state index contributed by atoms with van der Waals surface area (Å²) in [5.41, 5.74) is 1.15. The van der Waals surface area contributed by atoms with Crippen LogP contribution in [-0.2, 0) is 0 Å². The minimum atomic E-state index is 0.515. The minimum absolute atomic E-state index is 0.515. The van der Waals surface area contributed by atoms with Crippen LogP contribution >= 0.6 is 15.9 Å². The fourth-order valence-electron chi connectivity index (χ4n) is 3.47. The van der Waals surface area contributed by atoms with Crippen LogP contribution in [0.5, 0.6) is 0 Å². The van der Waals surface area contributed by atoms with Crippen molar-refractivity contribution in [1.29, 1.82) is 0 Å². The molecule has 1 rings (SSSR count). The lowest BCUT2D eigenvalue weighted by Gasteiger charge is -2.43. The average Bonchev–Trinajstić information content (AvgIpc) is 2.34. The molecule has 0 amide bonds. The van der Waals surface area contributed by atoms with Gasteiger partial charge in [0.2, 0.25) is 0 Å². The van der Waals surface area contributed by atoms with Gasteiger partial charge in [-0.05, 0) is 48.9 Å². The number of alkyl halides is 1. The Morgan fingerprint density at radius 1 is 1.06 bits per heavy atom. The Bertz CT molecular complexity index is 218. The number of hydrogen-bond acceptors (Lipinski definition) is 0. The average molecular weight is 317 g/mol. The molecule has 0 bridgehead atoms. The lowest BCUT2D eigenvalue weighted by Crippen LogP contribution is -2.33. The third-order valence-corrected chi connectivity index (χ3v) is 6.30. The van der Waals surface area contributed by atoms with Gasteiger partial charge in [0.15, 0.2) is 0 Å². The molecule has 0 radical (unpaired) electrons. The molecular weight excluding hydrogens is 284 g/mol. The molecule has 1 fully saturated rings. The molecule has 0 nitrogen and oxygen atoms in total. The van der Waals surface area contributed by atoms with Crippen molar-refractivity contribution in [3.8, 4) is 0 Å². The SMILES string of the molecule is CCCCCCC1(CBr)CCC(C(C)(C)C)CC1. The summed E-state index contributed by atoms with van der Waals surface area (Å²) in [6, 6.07) is 0. The zero-order valence-electron chi connectivity index (χ0n) is 13.0. The van der Waals surface area contributed by atoms with E-state index in [9.17, 15) is 0 Å². The molecule has 108 valence electrons. The van der Waals surface area contributed by atoms with Crippen LogP contribution in [0, 0.1) is 16.7 Å². The summed E-state index contributed by atoms with van der Waals surface area (Å²) in [7, 11) is 0. The maximum absolute atomic E-state index is 3.81. The van der Waals surface area contributed by atoms with Gasteiger partial charge in [0.1, 0.15) is 0 Å². The van der Waals surface area contributed by atoms with Gasteiger partial charge >= 0.3 is 0 Å². The lowest BCUT2D eigenvalue weighted by atomic mass is 9.63. The van der Waals surface area contributed by atoms with E-state index in [2.05, 4.69) is 43.6 Å². The van der Waals surface area contributed by atoms with Gasteiger partial charge in [-0.1, -0.05) is 69.3 Å². The van der Waals surface area contributed by atoms with Crippen molar-refractivity contribution in [3.63, 3.8) is 0 Å². The van der Waals surface area contributed by atoms with Crippen molar-refractivity contribution in [2.75, 3.05) is 5.33 Å². The lowest BCUT2D eigenvalue weighted by molar-refractivity contribution is 0.0954. The molecule has 0 aromatic carbocycles. The van der Waals surface area contributed by atoms with Crippen LogP contribution in [0.1, 0.15) is 85.5 Å². The normalized spacial score (nSPS) is 29.5. The van der Waals surface area contributed by atoms with E-state index in [1.165, 1.54) is 63.1 Å². The summed E-state index contributed by atoms with van der Waals surface area (Å²) < 4.78 is 0. The van der Waals surface area contributed by atoms with E-state index in [0.29, 0.717) is 10.8 Å². The van der Waals surface area contributed by atoms with E-state index in [1.807, 2.05) is 0 Å². The van der Waals surface area contributed by atoms with E-state index < -0.39 is 0 Å². The summed E-state index contributed by atoms with van der Waals surface area (Å²) in [6.07, 6.45) is 12.9. The largest absolute Gasteiger partial charge is 0.0922 e. The Morgan fingerprint density at radius 2 is 1.67 bits per heavy atom. The van der Waals surface area contributed by atoms with Gasteiger partial charge in [0, 0.05) is 5.33 Å². The highest BCUT2D eigenvalue weighted by atomic mass is 79.9. The molecule has 0 unspecified atom stereocenters. The first-order valence-corrected chi connectivity index (χ1v) is 9.12. The number of unbranched alkanes of at least 4 members (excludes halogenated alkanes) is 3. The maximum atomic E-state index is 3.81. The van der Waals surface area contributed by atoms with Crippen LogP contribution in [0.25, 0.3) is 0 Å². The first kappa shape index (κ1) is 16.5. The Kier molecular flexibility index (Phi) is 6.72. The Balaban J connectivity index is 2.40. The quantitative estimate of drug-likeness (QED) is 0.383. The fraction of sp³-hybridized carbons (Fsp3) is 1.00. The van der Waals surface area contributed by atoms with Crippen molar-refractivity contribution < 1.29 is 0 Å². The van der Waals surface area contributed by atoms with Crippen molar-refractivity contribution in [3.05, 3.63) is 0 Å². The number of hydrogen-bond donors (Lipinski definition) is 0. The van der Waals surface area contributed by atoms with Gasteiger partial charge in [0.25, 0.3) is 0 Å². The maximum Gasteiger partial charge on any atom is 0.00879 e. The summed E-state index contributed by atoms with van der Waals surface area (Å²) in [6.45, 7) is 9.55. The molecule has 1 heteroatoms. The Hall–Kier alpha value is 0.480. The molecule has 0 spiro atoms. The van der Waals surface area contributed by atoms with Crippen molar-refractivity contribution >= 4 is 15.9 Å². The monoisotopic (exact) mass is 316 g/mol. The van der Waals surface area contributed by atoms with Crippen LogP contribution < -0.4 is 0 Å². The van der Waals surface area contributed by atoms with Crippen LogP contribution in [0.15, 0.2) is 0 Å². The molecule has 0 aliphatic heterocycles. The summed E-state index contributed by atoms with van der Waals surface area (Å²) in [5.74, 6) is 0.945. The molecule has 1 saturated carbocycles. The molecular formula is C17H33Br. The highest BCUT2D eigenvalue weighted by Gasteiger charge is 2.37. The van der Waals surface area contributed by atoms with Gasteiger partial charge in [-0.15, -0.1) is 0 Å². The smallest absolute Gasteiger partial charge is 0.00879 e. The second-order valence-electron chi connectivity index (χ2n) is 7.58. The third kappa shape index (κ3) is 4.87. The zero-order chi connectivity index (χ0) is 13.6. The summed E-state index contributed by atoms with van der Waals surface area (Å²) in [4.78, 5) is 0. The zero-order valence-corrected chi connectivity index (χ0v) is 14.6. The van der Waals surface area contributed by atoms with E-state index >= 15 is 0 Å². The molecule has 0 atom stereocenters. The molecule has 1 aliphatic rings. The molecule has 1 aliphatic carbocycles. The van der Waals surface area contributed by atoms with Crippen molar-refractivity contribution in [2.24, 2.45) is 16.7 Å². The second-order valence-corrected chi connectivity index (χ2v) is 8.15. The third-order valence-electron chi connectivity index (χ3n) is 5.12.